The van der Waals surface area contributed by atoms with Gasteiger partial charge in [0.2, 0.25) is 0 Å². The molecule has 3 rings (SSSR count). The highest BCUT2D eigenvalue weighted by molar-refractivity contribution is 7.98. The predicted molar refractivity (Wildman–Crippen MR) is 114 cm³/mol. The number of carbonyl (C=O) groups excluding carboxylic acids is 1. The van der Waals surface area contributed by atoms with Crippen molar-refractivity contribution in [3.05, 3.63) is 76.1 Å². The van der Waals surface area contributed by atoms with Gasteiger partial charge in [-0.25, -0.2) is 0 Å². The van der Waals surface area contributed by atoms with E-state index in [0.717, 1.165) is 23.3 Å². The molecule has 1 N–H and O–H groups in total. The molecule has 28 heavy (non-hydrogen) atoms. The third-order valence-electron chi connectivity index (χ3n) is 4.39. The number of aryl methyl sites for hydroxylation is 1. The summed E-state index contributed by atoms with van der Waals surface area (Å²) in [5.74, 6) is 1.41. The second-order valence-electron chi connectivity index (χ2n) is 6.56. The summed E-state index contributed by atoms with van der Waals surface area (Å²) in [6, 6.07) is 15.0. The van der Waals surface area contributed by atoms with Crippen LogP contribution in [0.25, 0.3) is 0 Å². The summed E-state index contributed by atoms with van der Waals surface area (Å²) < 4.78 is 2.05. The molecule has 0 bridgehead atoms. The second kappa shape index (κ2) is 9.26. The Labute approximate surface area is 174 Å². The normalized spacial score (nSPS) is 12.0. The Morgan fingerprint density at radius 1 is 1.14 bits per heavy atom. The van der Waals surface area contributed by atoms with Crippen molar-refractivity contribution in [1.82, 2.24) is 20.1 Å². The molecule has 146 valence electrons. The molecule has 0 aliphatic rings. The summed E-state index contributed by atoms with van der Waals surface area (Å²) in [5, 5.41) is 13.1. The SMILES string of the molecule is CCn1c(SCc2ccc(C)cc2)nnc1[C@@H](C)NC(=O)c1ccc(Cl)cc1. The Kier molecular flexibility index (Phi) is 6.75. The van der Waals surface area contributed by atoms with Crippen molar-refractivity contribution in [2.24, 2.45) is 0 Å². The number of aromatic nitrogens is 3. The first kappa shape index (κ1) is 20.4. The molecule has 0 fully saturated rings. The fraction of sp³-hybridized carbons (Fsp3) is 0.286. The van der Waals surface area contributed by atoms with E-state index in [4.69, 9.17) is 11.6 Å². The Hall–Kier alpha value is -2.31. The highest BCUT2D eigenvalue weighted by Crippen LogP contribution is 2.24. The fourth-order valence-corrected chi connectivity index (χ4v) is 3.89. The number of thioether (sulfide) groups is 1. The number of carbonyl (C=O) groups is 1. The average molecular weight is 415 g/mol. The van der Waals surface area contributed by atoms with E-state index in [1.807, 2.05) is 11.5 Å². The van der Waals surface area contributed by atoms with Gasteiger partial charge in [-0.3, -0.25) is 4.79 Å². The quantitative estimate of drug-likeness (QED) is 0.550. The molecule has 1 aromatic heterocycles. The average Bonchev–Trinajstić information content (AvgIpc) is 3.11. The van der Waals surface area contributed by atoms with Crippen molar-refractivity contribution in [1.29, 1.82) is 0 Å². The van der Waals surface area contributed by atoms with E-state index in [1.54, 1.807) is 36.0 Å². The van der Waals surface area contributed by atoms with E-state index < -0.39 is 0 Å². The lowest BCUT2D eigenvalue weighted by Gasteiger charge is -2.15. The van der Waals surface area contributed by atoms with Crippen LogP contribution >= 0.6 is 23.4 Å². The summed E-state index contributed by atoms with van der Waals surface area (Å²) in [4.78, 5) is 12.5. The minimum absolute atomic E-state index is 0.163. The number of hydrogen-bond donors (Lipinski definition) is 1. The van der Waals surface area contributed by atoms with E-state index in [2.05, 4.69) is 53.6 Å². The van der Waals surface area contributed by atoms with Gasteiger partial charge in [-0.05, 0) is 50.6 Å². The third kappa shape index (κ3) is 4.94. The number of rotatable bonds is 7. The molecular formula is C21H23ClN4OS. The zero-order valence-corrected chi connectivity index (χ0v) is 17.7. The molecule has 5 nitrogen and oxygen atoms in total. The number of hydrogen-bond acceptors (Lipinski definition) is 4. The van der Waals surface area contributed by atoms with Crippen LogP contribution in [0.4, 0.5) is 0 Å². The van der Waals surface area contributed by atoms with Gasteiger partial charge in [0.1, 0.15) is 0 Å². The molecule has 1 atom stereocenters. The maximum absolute atomic E-state index is 12.5. The third-order valence-corrected chi connectivity index (χ3v) is 5.68. The van der Waals surface area contributed by atoms with Crippen LogP contribution in [0.3, 0.4) is 0 Å². The van der Waals surface area contributed by atoms with E-state index in [1.165, 1.54) is 11.1 Å². The highest BCUT2D eigenvalue weighted by Gasteiger charge is 2.19. The Morgan fingerprint density at radius 2 is 1.82 bits per heavy atom. The van der Waals surface area contributed by atoms with Crippen molar-refractivity contribution >= 4 is 29.3 Å². The number of nitrogens with one attached hydrogen (secondary N) is 1. The maximum atomic E-state index is 12.5. The van der Waals surface area contributed by atoms with Gasteiger partial charge in [-0.2, -0.15) is 0 Å². The minimum Gasteiger partial charge on any atom is -0.342 e. The molecule has 0 spiro atoms. The van der Waals surface area contributed by atoms with Crippen LogP contribution in [0.15, 0.2) is 53.7 Å². The van der Waals surface area contributed by atoms with Crippen LogP contribution < -0.4 is 5.32 Å². The van der Waals surface area contributed by atoms with Crippen LogP contribution in [0.5, 0.6) is 0 Å². The van der Waals surface area contributed by atoms with Crippen molar-refractivity contribution in [3.63, 3.8) is 0 Å². The first-order valence-corrected chi connectivity index (χ1v) is 10.5. The van der Waals surface area contributed by atoms with Gasteiger partial charge in [0.05, 0.1) is 6.04 Å². The van der Waals surface area contributed by atoms with Crippen LogP contribution in [0, 0.1) is 6.92 Å². The molecule has 3 aromatic rings. The summed E-state index contributed by atoms with van der Waals surface area (Å²) in [6.07, 6.45) is 0. The molecule has 0 radical (unpaired) electrons. The van der Waals surface area contributed by atoms with E-state index in [-0.39, 0.29) is 11.9 Å². The van der Waals surface area contributed by atoms with Crippen molar-refractivity contribution in [3.8, 4) is 0 Å². The summed E-state index contributed by atoms with van der Waals surface area (Å²) in [5.41, 5.74) is 3.05. The zero-order valence-electron chi connectivity index (χ0n) is 16.1. The molecule has 0 saturated heterocycles. The molecule has 0 aliphatic heterocycles. The monoisotopic (exact) mass is 414 g/mol. The largest absolute Gasteiger partial charge is 0.342 e. The highest BCUT2D eigenvalue weighted by atomic mass is 35.5. The lowest BCUT2D eigenvalue weighted by Crippen LogP contribution is -2.28. The Bertz CT molecular complexity index is 938. The molecular weight excluding hydrogens is 392 g/mol. The first-order valence-electron chi connectivity index (χ1n) is 9.15. The summed E-state index contributed by atoms with van der Waals surface area (Å²) in [7, 11) is 0. The molecule has 0 saturated carbocycles. The summed E-state index contributed by atoms with van der Waals surface area (Å²) >= 11 is 7.53. The van der Waals surface area contributed by atoms with Crippen LogP contribution in [-0.2, 0) is 12.3 Å². The zero-order chi connectivity index (χ0) is 20.1. The van der Waals surface area contributed by atoms with Crippen LogP contribution in [0.2, 0.25) is 5.02 Å². The fourth-order valence-electron chi connectivity index (χ4n) is 2.80. The lowest BCUT2D eigenvalue weighted by molar-refractivity contribution is 0.0937. The van der Waals surface area contributed by atoms with E-state index in [0.29, 0.717) is 10.6 Å². The number of amides is 1. The number of halogens is 1. The van der Waals surface area contributed by atoms with Gasteiger partial charge < -0.3 is 9.88 Å². The molecule has 0 unspecified atom stereocenters. The summed E-state index contributed by atoms with van der Waals surface area (Å²) in [6.45, 7) is 6.78. The van der Waals surface area contributed by atoms with Gasteiger partial charge in [-0.15, -0.1) is 10.2 Å². The smallest absolute Gasteiger partial charge is 0.251 e. The van der Waals surface area contributed by atoms with Crippen LogP contribution in [-0.4, -0.2) is 20.7 Å². The van der Waals surface area contributed by atoms with Crippen molar-refractivity contribution in [2.75, 3.05) is 0 Å². The van der Waals surface area contributed by atoms with Gasteiger partial charge in [-0.1, -0.05) is 53.2 Å². The molecule has 0 aliphatic carbocycles. The van der Waals surface area contributed by atoms with Gasteiger partial charge >= 0.3 is 0 Å². The molecule has 1 amide bonds. The minimum atomic E-state index is -0.260. The number of nitrogens with zero attached hydrogens (tertiary/aromatic N) is 3. The van der Waals surface area contributed by atoms with Gasteiger partial charge in [0, 0.05) is 22.9 Å². The molecule has 2 aromatic carbocycles. The lowest BCUT2D eigenvalue weighted by atomic mass is 10.2. The van der Waals surface area contributed by atoms with Gasteiger partial charge in [0.15, 0.2) is 11.0 Å². The Morgan fingerprint density at radius 3 is 2.46 bits per heavy atom. The van der Waals surface area contributed by atoms with Crippen molar-refractivity contribution < 1.29 is 4.79 Å². The predicted octanol–water partition coefficient (Wildman–Crippen LogP) is 5.04. The molecule has 7 heteroatoms. The van der Waals surface area contributed by atoms with Crippen LogP contribution in [0.1, 0.15) is 47.2 Å². The standard InChI is InChI=1S/C21H23ClN4OS/c1-4-26-19(15(3)23-20(27)17-9-11-18(22)12-10-17)24-25-21(26)28-13-16-7-5-14(2)6-8-16/h5-12,15H,4,13H2,1-3H3,(H,23,27)/t15-/m1/s1. The first-order chi connectivity index (χ1) is 13.5. The van der Waals surface area contributed by atoms with E-state index >= 15 is 0 Å². The molecule has 1 heterocycles. The van der Waals surface area contributed by atoms with Gasteiger partial charge in [0.25, 0.3) is 5.91 Å². The van der Waals surface area contributed by atoms with Crippen molar-refractivity contribution in [2.45, 2.75) is 44.3 Å². The second-order valence-corrected chi connectivity index (χ2v) is 7.94. The topological polar surface area (TPSA) is 59.8 Å². The van der Waals surface area contributed by atoms with E-state index in [9.17, 15) is 4.79 Å². The maximum Gasteiger partial charge on any atom is 0.251 e. The number of benzene rings is 2. The Balaban J connectivity index is 1.68.